The van der Waals surface area contributed by atoms with Gasteiger partial charge in [0.2, 0.25) is 0 Å². The predicted octanol–water partition coefficient (Wildman–Crippen LogP) is 2.67. The second-order valence-corrected chi connectivity index (χ2v) is 5.30. The van der Waals surface area contributed by atoms with Gasteiger partial charge in [0.1, 0.15) is 5.69 Å². The van der Waals surface area contributed by atoms with Crippen LogP contribution in [-0.2, 0) is 12.8 Å². The second-order valence-electron chi connectivity index (χ2n) is 4.39. The van der Waals surface area contributed by atoms with Crippen molar-refractivity contribution in [2.75, 3.05) is 0 Å². The maximum absolute atomic E-state index is 12.3. The minimum Gasteiger partial charge on any atom is -0.805 e. The molecule has 0 amide bonds. The third-order valence-corrected chi connectivity index (χ3v) is 3.80. The van der Waals surface area contributed by atoms with Gasteiger partial charge in [0.15, 0.2) is 0 Å². The van der Waals surface area contributed by atoms with Gasteiger partial charge in [-0.05, 0) is 25.0 Å². The van der Waals surface area contributed by atoms with Crippen molar-refractivity contribution in [1.29, 1.82) is 0 Å². The molecule has 2 aromatic rings. The lowest BCUT2D eigenvalue weighted by atomic mass is 10.1. The summed E-state index contributed by atoms with van der Waals surface area (Å²) in [5, 5.41) is 12.3. The average Bonchev–Trinajstić information content (AvgIpc) is 2.85. The molecule has 1 aromatic carbocycles. The first kappa shape index (κ1) is 11.5. The number of rotatable bonds is 1. The molecule has 0 saturated carbocycles. The van der Waals surface area contributed by atoms with Crippen LogP contribution in [0.2, 0.25) is 0 Å². The first-order chi connectivity index (χ1) is 8.66. The Hall–Kier alpha value is -1.62. The summed E-state index contributed by atoms with van der Waals surface area (Å²) >= 11 is 3.35. The molecule has 0 aliphatic heterocycles. The highest BCUT2D eigenvalue weighted by atomic mass is 79.9. The van der Waals surface area contributed by atoms with E-state index in [2.05, 4.69) is 15.9 Å². The zero-order chi connectivity index (χ0) is 12.7. The molecule has 0 bridgehead atoms. The van der Waals surface area contributed by atoms with Gasteiger partial charge in [-0.1, -0.05) is 28.1 Å². The van der Waals surface area contributed by atoms with Crippen LogP contribution in [0.5, 0.6) is 0 Å². The van der Waals surface area contributed by atoms with Gasteiger partial charge in [-0.25, -0.2) is 0 Å². The van der Waals surface area contributed by atoms with E-state index in [0.29, 0.717) is 29.9 Å². The van der Waals surface area contributed by atoms with E-state index in [0.717, 1.165) is 25.6 Å². The SMILES string of the molecule is O=[n+]1cc(-c2ccc(Br)cc2)n([O-])c2c1CCC2. The number of hydrogen-bond donors (Lipinski definition) is 0. The summed E-state index contributed by atoms with van der Waals surface area (Å²) in [7, 11) is 0. The highest BCUT2D eigenvalue weighted by Gasteiger charge is 2.25. The quantitative estimate of drug-likeness (QED) is 0.761. The Morgan fingerprint density at radius 1 is 1.22 bits per heavy atom. The molecule has 0 radical (unpaired) electrons. The average molecular weight is 307 g/mol. The molecule has 1 heterocycles. The lowest BCUT2D eigenvalue weighted by molar-refractivity contribution is -0.504. The summed E-state index contributed by atoms with van der Waals surface area (Å²) in [4.78, 5) is 11.9. The number of nitrogens with zero attached hydrogens (tertiary/aromatic N) is 2. The monoisotopic (exact) mass is 306 g/mol. The van der Waals surface area contributed by atoms with Gasteiger partial charge in [-0.3, -0.25) is 0 Å². The minimum absolute atomic E-state index is 0.415. The van der Waals surface area contributed by atoms with Gasteiger partial charge in [0, 0.05) is 21.4 Å². The Balaban J connectivity index is 2.22. The molecule has 0 fully saturated rings. The summed E-state index contributed by atoms with van der Waals surface area (Å²) in [5.41, 5.74) is 2.40. The lowest BCUT2D eigenvalue weighted by Gasteiger charge is -2.18. The third kappa shape index (κ3) is 1.75. The van der Waals surface area contributed by atoms with Crippen LogP contribution < -0.4 is 4.43 Å². The summed E-state index contributed by atoms with van der Waals surface area (Å²) in [6.45, 7) is 0. The Morgan fingerprint density at radius 2 is 1.94 bits per heavy atom. The Bertz CT molecular complexity index is 662. The largest absolute Gasteiger partial charge is 0.805 e. The van der Waals surface area contributed by atoms with Gasteiger partial charge in [-0.2, -0.15) is 0 Å². The molecule has 0 saturated heterocycles. The van der Waals surface area contributed by atoms with E-state index >= 15 is 0 Å². The fraction of sp³-hybridized carbons (Fsp3) is 0.231. The zero-order valence-electron chi connectivity index (χ0n) is 9.60. The standard InChI is InChI=1S/C13H11BrN2O2/c14-10-6-4-9(5-7-10)13-8-15(17)11-2-1-3-12(11)16(13)18/h4-8H,1-3H2. The van der Waals surface area contributed by atoms with Crippen molar-refractivity contribution in [3.63, 3.8) is 0 Å². The molecule has 0 atom stereocenters. The van der Waals surface area contributed by atoms with Crippen LogP contribution in [0.25, 0.3) is 11.3 Å². The fourth-order valence-corrected chi connectivity index (χ4v) is 2.63. The van der Waals surface area contributed by atoms with Crippen molar-refractivity contribution in [2.45, 2.75) is 19.3 Å². The Morgan fingerprint density at radius 3 is 2.67 bits per heavy atom. The maximum atomic E-state index is 12.3. The highest BCUT2D eigenvalue weighted by molar-refractivity contribution is 9.10. The van der Waals surface area contributed by atoms with Crippen molar-refractivity contribution < 1.29 is 4.43 Å². The predicted molar refractivity (Wildman–Crippen MR) is 71.7 cm³/mol. The van der Waals surface area contributed by atoms with Crippen LogP contribution in [0.3, 0.4) is 0 Å². The van der Waals surface area contributed by atoms with Crippen LogP contribution in [0.15, 0.2) is 34.9 Å². The van der Waals surface area contributed by atoms with E-state index in [1.807, 2.05) is 24.3 Å². The first-order valence-corrected chi connectivity index (χ1v) is 6.59. The van der Waals surface area contributed by atoms with Gasteiger partial charge >= 0.3 is 0 Å². The smallest absolute Gasteiger partial charge is 0.258 e. The number of fused-ring (bicyclic) bond motifs is 1. The molecular weight excluding hydrogens is 296 g/mol. The molecule has 92 valence electrons. The van der Waals surface area contributed by atoms with Gasteiger partial charge in [0.25, 0.3) is 11.9 Å². The van der Waals surface area contributed by atoms with E-state index in [4.69, 9.17) is 0 Å². The molecule has 0 N–H and O–H groups in total. The molecule has 5 heteroatoms. The van der Waals surface area contributed by atoms with E-state index in [9.17, 15) is 10.1 Å². The summed E-state index contributed by atoms with van der Waals surface area (Å²) in [6.07, 6.45) is 3.64. The van der Waals surface area contributed by atoms with Crippen LogP contribution in [0, 0.1) is 10.1 Å². The van der Waals surface area contributed by atoms with E-state index in [1.165, 1.54) is 6.20 Å². The molecular formula is C13H11BrN2O2. The zero-order valence-corrected chi connectivity index (χ0v) is 11.2. The van der Waals surface area contributed by atoms with Crippen LogP contribution >= 0.6 is 15.9 Å². The van der Waals surface area contributed by atoms with Crippen molar-refractivity contribution in [3.8, 4) is 11.3 Å². The van der Waals surface area contributed by atoms with Crippen molar-refractivity contribution in [1.82, 2.24) is 4.73 Å². The third-order valence-electron chi connectivity index (χ3n) is 3.27. The van der Waals surface area contributed by atoms with Crippen molar-refractivity contribution >= 4 is 15.9 Å². The second kappa shape index (κ2) is 4.24. The van der Waals surface area contributed by atoms with E-state index in [-0.39, 0.29) is 0 Å². The maximum Gasteiger partial charge on any atom is 0.258 e. The molecule has 0 spiro atoms. The normalized spacial score (nSPS) is 13.6. The first-order valence-electron chi connectivity index (χ1n) is 5.80. The van der Waals surface area contributed by atoms with Crippen LogP contribution in [-0.4, -0.2) is 4.73 Å². The minimum atomic E-state index is 0.415. The lowest BCUT2D eigenvalue weighted by Crippen LogP contribution is -2.24. The number of benzene rings is 1. The van der Waals surface area contributed by atoms with Gasteiger partial charge < -0.3 is 9.94 Å². The highest BCUT2D eigenvalue weighted by Crippen LogP contribution is 2.25. The topological polar surface area (TPSA) is 51.0 Å². The van der Waals surface area contributed by atoms with Crippen LogP contribution in [0.4, 0.5) is 0 Å². The summed E-state index contributed by atoms with van der Waals surface area (Å²) < 4.78 is 2.69. The Labute approximate surface area is 112 Å². The molecule has 0 unspecified atom stereocenters. The van der Waals surface area contributed by atoms with E-state index < -0.39 is 0 Å². The molecule has 1 aromatic heterocycles. The number of aromatic nitrogens is 2. The molecule has 18 heavy (non-hydrogen) atoms. The Kier molecular flexibility index (Phi) is 2.70. The number of halogens is 1. The molecule has 1 aliphatic rings. The fourth-order valence-electron chi connectivity index (χ4n) is 2.37. The van der Waals surface area contributed by atoms with Gasteiger partial charge in [-0.15, -0.1) is 0 Å². The van der Waals surface area contributed by atoms with E-state index in [1.54, 1.807) is 0 Å². The van der Waals surface area contributed by atoms with Crippen molar-refractivity contribution in [2.24, 2.45) is 0 Å². The van der Waals surface area contributed by atoms with Crippen LogP contribution in [0.1, 0.15) is 17.8 Å². The number of hydrogen-bond acceptors (Lipinski definition) is 2. The molecule has 3 rings (SSSR count). The van der Waals surface area contributed by atoms with Gasteiger partial charge in [0.05, 0.1) is 10.1 Å². The summed E-state index contributed by atoms with van der Waals surface area (Å²) in [5.74, 6) is 0. The summed E-state index contributed by atoms with van der Waals surface area (Å²) in [6, 6.07) is 7.37. The molecule has 4 nitrogen and oxygen atoms in total. The van der Waals surface area contributed by atoms with Crippen molar-refractivity contribution in [3.05, 3.63) is 56.4 Å². The molecule has 1 aliphatic carbocycles.